The third-order valence-corrected chi connectivity index (χ3v) is 2.27. The maximum absolute atomic E-state index is 11.0. The summed E-state index contributed by atoms with van der Waals surface area (Å²) in [5.41, 5.74) is 1.10. The Labute approximate surface area is 99.1 Å². The molecule has 0 bridgehead atoms. The van der Waals surface area contributed by atoms with Crippen molar-refractivity contribution in [3.05, 3.63) is 23.8 Å². The Morgan fingerprint density at radius 2 is 2.06 bits per heavy atom. The normalized spacial score (nSPS) is 9.94. The molecule has 0 aliphatic heterocycles. The largest absolute Gasteiger partial charge is 0.506 e. The van der Waals surface area contributed by atoms with Crippen molar-refractivity contribution in [3.63, 3.8) is 0 Å². The number of carboxylic acids is 1. The summed E-state index contributed by atoms with van der Waals surface area (Å²) in [4.78, 5) is 21.4. The smallest absolute Gasteiger partial charge is 0.303 e. The topological polar surface area (TPSA) is 86.6 Å². The van der Waals surface area contributed by atoms with Gasteiger partial charge in [-0.2, -0.15) is 0 Å². The number of aromatic hydroxyl groups is 1. The lowest BCUT2D eigenvalue weighted by atomic mass is 10.1. The molecule has 17 heavy (non-hydrogen) atoms. The van der Waals surface area contributed by atoms with Crippen molar-refractivity contribution in [2.45, 2.75) is 26.2 Å². The predicted octanol–water partition coefficient (Wildman–Crippen LogP) is 1.76. The summed E-state index contributed by atoms with van der Waals surface area (Å²) in [7, 11) is 0. The van der Waals surface area contributed by atoms with Crippen molar-refractivity contribution < 1.29 is 19.8 Å². The van der Waals surface area contributed by atoms with Crippen molar-refractivity contribution >= 4 is 17.6 Å². The molecular formula is C12H15NO4. The van der Waals surface area contributed by atoms with Crippen LogP contribution in [-0.2, 0) is 16.0 Å². The molecule has 0 aliphatic rings. The summed E-state index contributed by atoms with van der Waals surface area (Å²) in [5, 5.41) is 20.7. The van der Waals surface area contributed by atoms with Gasteiger partial charge in [0.05, 0.1) is 5.69 Å². The van der Waals surface area contributed by atoms with Crippen LogP contribution >= 0.6 is 0 Å². The number of hydrogen-bond acceptors (Lipinski definition) is 3. The van der Waals surface area contributed by atoms with Crippen LogP contribution in [0, 0.1) is 0 Å². The van der Waals surface area contributed by atoms with Gasteiger partial charge in [-0.25, -0.2) is 0 Å². The number of anilines is 1. The van der Waals surface area contributed by atoms with Gasteiger partial charge in [-0.15, -0.1) is 0 Å². The van der Waals surface area contributed by atoms with Gasteiger partial charge in [0.25, 0.3) is 0 Å². The number of nitrogens with one attached hydrogen (secondary N) is 1. The maximum Gasteiger partial charge on any atom is 0.303 e. The molecule has 1 aromatic carbocycles. The second-order valence-electron chi connectivity index (χ2n) is 3.74. The van der Waals surface area contributed by atoms with E-state index < -0.39 is 5.97 Å². The van der Waals surface area contributed by atoms with Crippen LogP contribution in [0.15, 0.2) is 18.2 Å². The number of carbonyl (C=O) groups is 2. The molecule has 0 spiro atoms. The Bertz CT molecular complexity index is 429. The number of benzene rings is 1. The zero-order chi connectivity index (χ0) is 12.8. The number of aryl methyl sites for hydroxylation is 1. The average molecular weight is 237 g/mol. The van der Waals surface area contributed by atoms with E-state index in [9.17, 15) is 14.7 Å². The van der Waals surface area contributed by atoms with Crippen LogP contribution in [0.25, 0.3) is 0 Å². The van der Waals surface area contributed by atoms with Gasteiger partial charge in [-0.1, -0.05) is 12.1 Å². The van der Waals surface area contributed by atoms with Crippen molar-refractivity contribution in [1.82, 2.24) is 0 Å². The van der Waals surface area contributed by atoms with Crippen LogP contribution < -0.4 is 5.32 Å². The van der Waals surface area contributed by atoms with Gasteiger partial charge in [-0.05, 0) is 24.5 Å². The average Bonchev–Trinajstić information content (AvgIpc) is 2.22. The molecule has 1 aromatic rings. The zero-order valence-corrected chi connectivity index (χ0v) is 9.56. The molecular weight excluding hydrogens is 222 g/mol. The van der Waals surface area contributed by atoms with E-state index in [-0.39, 0.29) is 18.1 Å². The molecule has 5 nitrogen and oxygen atoms in total. The van der Waals surface area contributed by atoms with Gasteiger partial charge in [0.15, 0.2) is 0 Å². The van der Waals surface area contributed by atoms with Crippen LogP contribution in [0.2, 0.25) is 0 Å². The molecule has 0 heterocycles. The first-order chi connectivity index (χ1) is 8.00. The quantitative estimate of drug-likeness (QED) is 0.681. The fraction of sp³-hybridized carbons (Fsp3) is 0.333. The van der Waals surface area contributed by atoms with Crippen molar-refractivity contribution in [2.75, 3.05) is 5.32 Å². The number of phenolic OH excluding ortho intramolecular Hbond substituents is 1. The number of rotatable bonds is 5. The second kappa shape index (κ2) is 5.89. The number of hydrogen-bond donors (Lipinski definition) is 3. The number of phenols is 1. The number of carbonyl (C=O) groups excluding carboxylic acids is 1. The monoisotopic (exact) mass is 237 g/mol. The van der Waals surface area contributed by atoms with Gasteiger partial charge < -0.3 is 15.5 Å². The van der Waals surface area contributed by atoms with Crippen molar-refractivity contribution in [1.29, 1.82) is 0 Å². The van der Waals surface area contributed by atoms with E-state index in [2.05, 4.69) is 5.32 Å². The summed E-state index contributed by atoms with van der Waals surface area (Å²) in [6.45, 7) is 1.35. The Hall–Kier alpha value is -2.04. The third-order valence-electron chi connectivity index (χ3n) is 2.27. The lowest BCUT2D eigenvalue weighted by Crippen LogP contribution is -2.08. The Morgan fingerprint density at radius 1 is 1.35 bits per heavy atom. The minimum atomic E-state index is -0.855. The number of aliphatic carboxylic acids is 1. The molecule has 0 aliphatic carbocycles. The van der Waals surface area contributed by atoms with Crippen LogP contribution in [0.4, 0.5) is 5.69 Å². The van der Waals surface area contributed by atoms with Crippen LogP contribution in [-0.4, -0.2) is 22.1 Å². The standard InChI is InChI=1S/C12H15NO4/c1-8(14)13-12-9(4-2-6-10(12)15)5-3-7-11(16)17/h2,4,6,15H,3,5,7H2,1H3,(H,13,14)(H,16,17). The highest BCUT2D eigenvalue weighted by atomic mass is 16.4. The first kappa shape index (κ1) is 13.0. The van der Waals surface area contributed by atoms with Crippen molar-refractivity contribution in [3.8, 4) is 5.75 Å². The molecule has 0 aromatic heterocycles. The Morgan fingerprint density at radius 3 is 2.65 bits per heavy atom. The molecule has 0 fully saturated rings. The molecule has 0 unspecified atom stereocenters. The summed E-state index contributed by atoms with van der Waals surface area (Å²) in [6, 6.07) is 4.90. The van der Waals surface area contributed by atoms with E-state index in [4.69, 9.17) is 5.11 Å². The second-order valence-corrected chi connectivity index (χ2v) is 3.74. The van der Waals surface area contributed by atoms with E-state index in [1.54, 1.807) is 12.1 Å². The minimum Gasteiger partial charge on any atom is -0.506 e. The SMILES string of the molecule is CC(=O)Nc1c(O)cccc1CCCC(=O)O. The molecule has 3 N–H and O–H groups in total. The minimum absolute atomic E-state index is 0.00646. The third kappa shape index (κ3) is 4.14. The maximum atomic E-state index is 11.0. The van der Waals surface area contributed by atoms with Gasteiger partial charge in [-0.3, -0.25) is 9.59 Å². The van der Waals surface area contributed by atoms with Gasteiger partial charge in [0, 0.05) is 13.3 Å². The van der Waals surface area contributed by atoms with E-state index in [0.29, 0.717) is 18.5 Å². The fourth-order valence-electron chi connectivity index (χ4n) is 1.55. The first-order valence-electron chi connectivity index (χ1n) is 5.31. The summed E-state index contributed by atoms with van der Waals surface area (Å²) < 4.78 is 0. The molecule has 1 amide bonds. The summed E-state index contributed by atoms with van der Waals surface area (Å²) in [5.74, 6) is -1.13. The zero-order valence-electron chi connectivity index (χ0n) is 9.56. The Balaban J connectivity index is 2.79. The molecule has 5 heteroatoms. The number of para-hydroxylation sites is 1. The highest BCUT2D eigenvalue weighted by Gasteiger charge is 2.09. The molecule has 0 saturated heterocycles. The van der Waals surface area contributed by atoms with Crippen LogP contribution in [0.3, 0.4) is 0 Å². The molecule has 0 atom stereocenters. The molecule has 0 saturated carbocycles. The lowest BCUT2D eigenvalue weighted by molar-refractivity contribution is -0.137. The van der Waals surface area contributed by atoms with Crippen LogP contribution in [0.1, 0.15) is 25.3 Å². The van der Waals surface area contributed by atoms with E-state index in [0.717, 1.165) is 5.56 Å². The van der Waals surface area contributed by atoms with E-state index in [1.807, 2.05) is 0 Å². The van der Waals surface area contributed by atoms with E-state index in [1.165, 1.54) is 13.0 Å². The first-order valence-corrected chi connectivity index (χ1v) is 5.31. The molecule has 1 rings (SSSR count). The summed E-state index contributed by atoms with van der Waals surface area (Å²) in [6.07, 6.45) is 1.02. The summed E-state index contributed by atoms with van der Waals surface area (Å²) >= 11 is 0. The van der Waals surface area contributed by atoms with Crippen molar-refractivity contribution in [2.24, 2.45) is 0 Å². The highest BCUT2D eigenvalue weighted by molar-refractivity contribution is 5.91. The lowest BCUT2D eigenvalue weighted by Gasteiger charge is -2.11. The number of amides is 1. The van der Waals surface area contributed by atoms with Gasteiger partial charge in [0.2, 0.25) is 5.91 Å². The highest BCUT2D eigenvalue weighted by Crippen LogP contribution is 2.28. The van der Waals surface area contributed by atoms with E-state index >= 15 is 0 Å². The molecule has 92 valence electrons. The Kier molecular flexibility index (Phi) is 4.51. The van der Waals surface area contributed by atoms with Crippen LogP contribution in [0.5, 0.6) is 5.75 Å². The fourth-order valence-corrected chi connectivity index (χ4v) is 1.55. The number of carboxylic acid groups (broad SMARTS) is 1. The molecule has 0 radical (unpaired) electrons. The van der Waals surface area contributed by atoms with Gasteiger partial charge in [0.1, 0.15) is 5.75 Å². The van der Waals surface area contributed by atoms with Gasteiger partial charge >= 0.3 is 5.97 Å². The predicted molar refractivity (Wildman–Crippen MR) is 63.0 cm³/mol.